The summed E-state index contributed by atoms with van der Waals surface area (Å²) in [6.45, 7) is 1.54. The van der Waals surface area contributed by atoms with Crippen molar-refractivity contribution in [3.05, 3.63) is 53.0 Å². The molecule has 0 bridgehead atoms. The van der Waals surface area contributed by atoms with Gasteiger partial charge >= 0.3 is 5.97 Å². The minimum absolute atomic E-state index is 0.0141. The summed E-state index contributed by atoms with van der Waals surface area (Å²) in [4.78, 5) is 23.0. The topological polar surface area (TPSA) is 126 Å². The molecule has 2 aromatic rings. The molecule has 1 aromatic heterocycles. The minimum Gasteiger partial charge on any atom is -0.495 e. The molecule has 1 amide bonds. The van der Waals surface area contributed by atoms with Gasteiger partial charge in [0.1, 0.15) is 27.7 Å². The molecule has 156 valence electrons. The third kappa shape index (κ3) is 5.24. The smallest absolute Gasteiger partial charge is 0.339 e. The van der Waals surface area contributed by atoms with E-state index >= 15 is 0 Å². The Morgan fingerprint density at radius 3 is 2.52 bits per heavy atom. The molecule has 9 nitrogen and oxygen atoms in total. The summed E-state index contributed by atoms with van der Waals surface area (Å²) < 4.78 is 36.3. The summed E-state index contributed by atoms with van der Waals surface area (Å²) in [6, 6.07) is 5.88. The van der Waals surface area contributed by atoms with Crippen molar-refractivity contribution in [2.75, 3.05) is 21.2 Å². The number of aryl methyl sites for hydroxylation is 1. The van der Waals surface area contributed by atoms with Gasteiger partial charge in [-0.05, 0) is 36.8 Å². The average molecular weight is 422 g/mol. The van der Waals surface area contributed by atoms with E-state index in [1.165, 1.54) is 58.5 Å². The lowest BCUT2D eigenvalue weighted by Crippen LogP contribution is -2.22. The predicted molar refractivity (Wildman–Crippen MR) is 105 cm³/mol. The van der Waals surface area contributed by atoms with Crippen LogP contribution >= 0.6 is 0 Å². The van der Waals surface area contributed by atoms with Crippen LogP contribution in [-0.4, -0.2) is 50.9 Å². The highest BCUT2D eigenvalue weighted by Gasteiger charge is 2.22. The summed E-state index contributed by atoms with van der Waals surface area (Å²) in [6.07, 6.45) is 2.70. The normalized spacial score (nSPS) is 11.8. The molecular formula is C19H22N2O7S. The molecule has 2 rings (SSSR count). The van der Waals surface area contributed by atoms with Crippen molar-refractivity contribution in [3.8, 4) is 5.75 Å². The minimum atomic E-state index is -3.72. The fourth-order valence-electron chi connectivity index (χ4n) is 2.44. The van der Waals surface area contributed by atoms with Gasteiger partial charge in [-0.2, -0.15) is 0 Å². The van der Waals surface area contributed by atoms with Crippen LogP contribution in [0.1, 0.15) is 27.4 Å². The second kappa shape index (κ2) is 8.93. The van der Waals surface area contributed by atoms with Gasteiger partial charge in [-0.1, -0.05) is 6.07 Å². The first-order valence-electron chi connectivity index (χ1n) is 8.45. The van der Waals surface area contributed by atoms with Crippen molar-refractivity contribution in [1.82, 2.24) is 9.62 Å². The van der Waals surface area contributed by atoms with E-state index in [1.807, 2.05) is 0 Å². The largest absolute Gasteiger partial charge is 0.495 e. The van der Waals surface area contributed by atoms with E-state index in [9.17, 15) is 18.0 Å². The number of hydrogen-bond acceptors (Lipinski definition) is 6. The second-order valence-electron chi connectivity index (χ2n) is 6.24. The molecule has 0 fully saturated rings. The summed E-state index contributed by atoms with van der Waals surface area (Å²) in [5.41, 5.74) is 0.529. The van der Waals surface area contributed by atoms with Gasteiger partial charge in [0.25, 0.3) is 0 Å². The maximum atomic E-state index is 12.4. The lowest BCUT2D eigenvalue weighted by Gasteiger charge is -2.14. The summed E-state index contributed by atoms with van der Waals surface area (Å²) in [5, 5.41) is 11.6. The Morgan fingerprint density at radius 1 is 1.28 bits per heavy atom. The highest BCUT2D eigenvalue weighted by molar-refractivity contribution is 7.89. The number of methoxy groups -OCH3 is 1. The Bertz CT molecular complexity index is 1050. The molecule has 1 heterocycles. The Balaban J connectivity index is 2.12. The molecule has 29 heavy (non-hydrogen) atoms. The molecular weight excluding hydrogens is 400 g/mol. The van der Waals surface area contributed by atoms with Gasteiger partial charge in [0.2, 0.25) is 15.9 Å². The predicted octanol–water partition coefficient (Wildman–Crippen LogP) is 1.87. The fraction of sp³-hybridized carbons (Fsp3) is 0.263. The van der Waals surface area contributed by atoms with Gasteiger partial charge in [0, 0.05) is 20.2 Å². The van der Waals surface area contributed by atoms with Gasteiger partial charge < -0.3 is 19.6 Å². The maximum Gasteiger partial charge on any atom is 0.339 e. The Kier molecular flexibility index (Phi) is 6.83. The van der Waals surface area contributed by atoms with Gasteiger partial charge in [-0.15, -0.1) is 0 Å². The number of aromatic carboxylic acids is 1. The second-order valence-corrected chi connectivity index (χ2v) is 8.36. The van der Waals surface area contributed by atoms with E-state index < -0.39 is 21.9 Å². The Morgan fingerprint density at radius 2 is 1.97 bits per heavy atom. The summed E-state index contributed by atoms with van der Waals surface area (Å²) in [5.74, 6) is -0.797. The van der Waals surface area contributed by atoms with Crippen LogP contribution in [0.25, 0.3) is 6.08 Å². The average Bonchev–Trinajstić information content (AvgIpc) is 3.05. The molecule has 0 saturated carbocycles. The molecule has 0 unspecified atom stereocenters. The molecule has 0 radical (unpaired) electrons. The van der Waals surface area contributed by atoms with Crippen molar-refractivity contribution in [1.29, 1.82) is 0 Å². The van der Waals surface area contributed by atoms with Crippen LogP contribution in [-0.2, 0) is 21.4 Å². The number of benzene rings is 1. The number of carbonyl (C=O) groups excluding carboxylic acids is 1. The monoisotopic (exact) mass is 422 g/mol. The third-order valence-electron chi connectivity index (χ3n) is 4.01. The van der Waals surface area contributed by atoms with Gasteiger partial charge in [-0.3, -0.25) is 4.79 Å². The quantitative estimate of drug-likeness (QED) is 0.622. The fourth-order valence-corrected chi connectivity index (χ4v) is 3.53. The SMILES string of the molecule is COc1ccc(/C=C/C(=O)NCc2cc(C(=O)O)c(C)o2)cc1S(=O)(=O)N(C)C. The number of sulfonamides is 1. The molecule has 0 aliphatic rings. The van der Waals surface area contributed by atoms with Gasteiger partial charge in [0.05, 0.1) is 13.7 Å². The number of ether oxygens (including phenoxy) is 1. The number of amides is 1. The summed E-state index contributed by atoms with van der Waals surface area (Å²) >= 11 is 0. The number of nitrogens with zero attached hydrogens (tertiary/aromatic N) is 1. The molecule has 2 N–H and O–H groups in total. The highest BCUT2D eigenvalue weighted by atomic mass is 32.2. The first kappa shape index (κ1) is 22.2. The molecule has 0 aliphatic heterocycles. The Hall–Kier alpha value is -3.11. The van der Waals surface area contributed by atoms with Crippen LogP contribution in [0.3, 0.4) is 0 Å². The van der Waals surface area contributed by atoms with Crippen LogP contribution in [0.2, 0.25) is 0 Å². The number of rotatable bonds is 8. The van der Waals surface area contributed by atoms with Crippen molar-refractivity contribution >= 4 is 28.0 Å². The van der Waals surface area contributed by atoms with Gasteiger partial charge in [0.15, 0.2) is 0 Å². The van der Waals surface area contributed by atoms with E-state index in [1.54, 1.807) is 6.07 Å². The molecule has 0 spiro atoms. The van der Waals surface area contributed by atoms with Crippen LogP contribution < -0.4 is 10.1 Å². The van der Waals surface area contributed by atoms with Crippen molar-refractivity contribution in [2.45, 2.75) is 18.4 Å². The molecule has 0 saturated heterocycles. The van der Waals surface area contributed by atoms with Crippen LogP contribution in [0.15, 0.2) is 39.7 Å². The first-order valence-corrected chi connectivity index (χ1v) is 9.89. The van der Waals surface area contributed by atoms with Crippen molar-refractivity contribution < 1.29 is 32.3 Å². The molecule has 0 aliphatic carbocycles. The van der Waals surface area contributed by atoms with E-state index in [4.69, 9.17) is 14.3 Å². The lowest BCUT2D eigenvalue weighted by atomic mass is 10.2. The number of nitrogens with one attached hydrogen (secondary N) is 1. The van der Waals surface area contributed by atoms with Gasteiger partial charge in [-0.25, -0.2) is 17.5 Å². The van der Waals surface area contributed by atoms with Crippen molar-refractivity contribution in [2.24, 2.45) is 0 Å². The highest BCUT2D eigenvalue weighted by Crippen LogP contribution is 2.27. The van der Waals surface area contributed by atoms with Crippen LogP contribution in [0.5, 0.6) is 5.75 Å². The number of carboxylic acids is 1. The van der Waals surface area contributed by atoms with E-state index in [0.717, 1.165) is 4.31 Å². The lowest BCUT2D eigenvalue weighted by molar-refractivity contribution is -0.116. The zero-order chi connectivity index (χ0) is 21.8. The number of hydrogen-bond donors (Lipinski definition) is 2. The zero-order valence-electron chi connectivity index (χ0n) is 16.4. The number of carbonyl (C=O) groups is 2. The summed E-state index contributed by atoms with van der Waals surface area (Å²) in [7, 11) is 0.479. The van der Waals surface area contributed by atoms with Crippen LogP contribution in [0.4, 0.5) is 0 Å². The molecule has 1 aromatic carbocycles. The number of carboxylic acid groups (broad SMARTS) is 1. The first-order chi connectivity index (χ1) is 13.6. The van der Waals surface area contributed by atoms with Crippen molar-refractivity contribution in [3.63, 3.8) is 0 Å². The van der Waals surface area contributed by atoms with Crippen LogP contribution in [0, 0.1) is 6.92 Å². The molecule has 0 atom stereocenters. The van der Waals surface area contributed by atoms with E-state index in [2.05, 4.69) is 5.32 Å². The molecule has 10 heteroatoms. The Labute approximate surface area is 168 Å². The standard InChI is InChI=1S/C19H22N2O7S/c1-12-15(19(23)24)10-14(28-12)11-20-18(22)8-6-13-5-7-16(27-4)17(9-13)29(25,26)21(2)3/h5-10H,11H2,1-4H3,(H,20,22)(H,23,24)/b8-6+. The zero-order valence-corrected chi connectivity index (χ0v) is 17.2. The van der Waals surface area contributed by atoms with E-state index in [0.29, 0.717) is 11.3 Å². The maximum absolute atomic E-state index is 12.4. The van der Waals surface area contributed by atoms with E-state index in [-0.39, 0.29) is 28.5 Å². The third-order valence-corrected chi connectivity index (χ3v) is 5.85. The number of furan rings is 1.